The Morgan fingerprint density at radius 2 is 2.04 bits per heavy atom. The summed E-state index contributed by atoms with van der Waals surface area (Å²) in [4.78, 5) is 19.2. The molecule has 1 aromatic rings. The molecule has 7 heteroatoms. The van der Waals surface area contributed by atoms with Gasteiger partial charge in [-0.05, 0) is 25.2 Å². The Balaban J connectivity index is 1.61. The Bertz CT molecular complexity index is 583. The van der Waals surface area contributed by atoms with Crippen LogP contribution in [0.2, 0.25) is 5.02 Å². The van der Waals surface area contributed by atoms with Gasteiger partial charge in [0, 0.05) is 51.0 Å². The fourth-order valence-electron chi connectivity index (χ4n) is 3.24. The summed E-state index contributed by atoms with van der Waals surface area (Å²) in [5.74, 6) is 0.600. The summed E-state index contributed by atoms with van der Waals surface area (Å²) in [6.07, 6.45) is 0. The number of amides is 2. The lowest BCUT2D eigenvalue weighted by atomic mass is 10.1. The molecule has 0 spiro atoms. The minimum Gasteiger partial charge on any atom is -0.495 e. The van der Waals surface area contributed by atoms with Crippen molar-refractivity contribution in [2.75, 3.05) is 58.7 Å². The number of ether oxygens (including phenoxy) is 1. The Kier molecular flexibility index (Phi) is 4.94. The number of carbonyl (C=O) groups excluding carboxylic acids is 1. The van der Waals surface area contributed by atoms with Crippen molar-refractivity contribution in [3.05, 3.63) is 23.2 Å². The number of benzene rings is 1. The number of hydrogen-bond donors (Lipinski definition) is 1. The number of urea groups is 1. The number of fused-ring (bicyclic) bond motifs is 1. The highest BCUT2D eigenvalue weighted by Crippen LogP contribution is 2.27. The highest BCUT2D eigenvalue weighted by atomic mass is 35.5. The first-order valence-corrected chi connectivity index (χ1v) is 8.26. The van der Waals surface area contributed by atoms with Gasteiger partial charge in [-0.25, -0.2) is 4.79 Å². The predicted octanol–water partition coefficient (Wildman–Crippen LogP) is 1.81. The smallest absolute Gasteiger partial charge is 0.321 e. The lowest BCUT2D eigenvalue weighted by Crippen LogP contribution is -2.62. The first-order valence-electron chi connectivity index (χ1n) is 7.89. The van der Waals surface area contributed by atoms with Gasteiger partial charge in [-0.15, -0.1) is 0 Å². The molecule has 1 N–H and O–H groups in total. The molecule has 1 aromatic carbocycles. The molecule has 2 amide bonds. The molecule has 0 radical (unpaired) electrons. The van der Waals surface area contributed by atoms with Crippen molar-refractivity contribution in [2.45, 2.75) is 6.04 Å². The maximum Gasteiger partial charge on any atom is 0.321 e. The number of rotatable bonds is 2. The summed E-state index contributed by atoms with van der Waals surface area (Å²) in [5, 5.41) is 3.42. The van der Waals surface area contributed by atoms with Crippen molar-refractivity contribution in [1.82, 2.24) is 14.7 Å². The average molecular weight is 339 g/mol. The van der Waals surface area contributed by atoms with Crippen molar-refractivity contribution in [1.29, 1.82) is 0 Å². The van der Waals surface area contributed by atoms with E-state index in [4.69, 9.17) is 16.3 Å². The highest BCUT2D eigenvalue weighted by molar-refractivity contribution is 6.32. The molecule has 0 unspecified atom stereocenters. The summed E-state index contributed by atoms with van der Waals surface area (Å²) in [6, 6.07) is 5.62. The monoisotopic (exact) mass is 338 g/mol. The second-order valence-electron chi connectivity index (χ2n) is 6.18. The van der Waals surface area contributed by atoms with Crippen LogP contribution in [-0.4, -0.2) is 80.2 Å². The number of anilines is 1. The van der Waals surface area contributed by atoms with Crippen molar-refractivity contribution in [3.63, 3.8) is 0 Å². The van der Waals surface area contributed by atoms with Crippen LogP contribution >= 0.6 is 11.6 Å². The molecule has 2 heterocycles. The van der Waals surface area contributed by atoms with Gasteiger partial charge in [0.05, 0.1) is 12.1 Å². The number of nitrogens with one attached hydrogen (secondary N) is 1. The first-order chi connectivity index (χ1) is 11.1. The third kappa shape index (κ3) is 3.71. The van der Waals surface area contributed by atoms with Gasteiger partial charge in [0.25, 0.3) is 0 Å². The number of likely N-dealkylation sites (N-methyl/N-ethyl adjacent to an activating group) is 1. The van der Waals surface area contributed by atoms with Crippen molar-refractivity contribution < 1.29 is 9.53 Å². The van der Waals surface area contributed by atoms with E-state index in [1.54, 1.807) is 25.3 Å². The van der Waals surface area contributed by atoms with Crippen molar-refractivity contribution in [3.8, 4) is 5.75 Å². The lowest BCUT2D eigenvalue weighted by Gasteiger charge is -2.46. The SMILES string of the molecule is COc1ccc(NC(=O)N2CCN3CCN(C)C[C@H]3C2)cc1Cl. The van der Waals surface area contributed by atoms with E-state index < -0.39 is 0 Å². The number of carbonyl (C=O) groups is 1. The van der Waals surface area contributed by atoms with E-state index in [-0.39, 0.29) is 6.03 Å². The Morgan fingerprint density at radius 3 is 2.78 bits per heavy atom. The number of halogens is 1. The van der Waals surface area contributed by atoms with Crippen LogP contribution in [0.1, 0.15) is 0 Å². The minimum absolute atomic E-state index is 0.0703. The third-order valence-corrected chi connectivity index (χ3v) is 4.88. The topological polar surface area (TPSA) is 48.1 Å². The van der Waals surface area contributed by atoms with Gasteiger partial charge in [0.15, 0.2) is 0 Å². The van der Waals surface area contributed by atoms with E-state index in [1.165, 1.54) is 0 Å². The summed E-state index contributed by atoms with van der Waals surface area (Å²) in [6.45, 7) is 5.67. The van der Waals surface area contributed by atoms with E-state index in [0.717, 1.165) is 39.3 Å². The number of nitrogens with zero attached hydrogens (tertiary/aromatic N) is 3. The molecule has 0 saturated carbocycles. The minimum atomic E-state index is -0.0703. The molecule has 0 aliphatic carbocycles. The maximum absolute atomic E-state index is 12.5. The first kappa shape index (κ1) is 16.4. The van der Waals surface area contributed by atoms with Crippen LogP contribution < -0.4 is 10.1 Å². The van der Waals surface area contributed by atoms with Crippen LogP contribution in [0.4, 0.5) is 10.5 Å². The van der Waals surface area contributed by atoms with E-state index >= 15 is 0 Å². The van der Waals surface area contributed by atoms with E-state index in [9.17, 15) is 4.79 Å². The van der Waals surface area contributed by atoms with Crippen LogP contribution in [0, 0.1) is 0 Å². The molecule has 2 saturated heterocycles. The Hall–Kier alpha value is -1.50. The number of hydrogen-bond acceptors (Lipinski definition) is 4. The van der Waals surface area contributed by atoms with Crippen LogP contribution in [0.15, 0.2) is 18.2 Å². The Labute approximate surface area is 141 Å². The van der Waals surface area contributed by atoms with Gasteiger partial charge < -0.3 is 19.9 Å². The Morgan fingerprint density at radius 1 is 1.26 bits per heavy atom. The molecular formula is C16H23ClN4O2. The highest BCUT2D eigenvalue weighted by Gasteiger charge is 2.32. The van der Waals surface area contributed by atoms with Gasteiger partial charge in [0.2, 0.25) is 0 Å². The fraction of sp³-hybridized carbons (Fsp3) is 0.562. The molecule has 2 aliphatic rings. The molecule has 23 heavy (non-hydrogen) atoms. The summed E-state index contributed by atoms with van der Waals surface area (Å²) in [7, 11) is 3.70. The zero-order valence-electron chi connectivity index (χ0n) is 13.6. The molecule has 2 aliphatic heterocycles. The van der Waals surface area contributed by atoms with Gasteiger partial charge in [-0.1, -0.05) is 11.6 Å². The van der Waals surface area contributed by atoms with Crippen LogP contribution in [0.5, 0.6) is 5.75 Å². The third-order valence-electron chi connectivity index (χ3n) is 4.59. The molecular weight excluding hydrogens is 316 g/mol. The van der Waals surface area contributed by atoms with Gasteiger partial charge in [-0.3, -0.25) is 4.90 Å². The molecule has 126 valence electrons. The molecule has 6 nitrogen and oxygen atoms in total. The molecule has 0 aromatic heterocycles. The maximum atomic E-state index is 12.5. The zero-order valence-corrected chi connectivity index (χ0v) is 14.3. The van der Waals surface area contributed by atoms with Crippen molar-refractivity contribution >= 4 is 23.3 Å². The molecule has 1 atom stereocenters. The standard InChI is InChI=1S/C16H23ClN4O2/c1-19-5-6-20-7-8-21(11-13(20)10-19)16(22)18-12-3-4-15(23-2)14(17)9-12/h3-4,9,13H,5-8,10-11H2,1-2H3,(H,18,22)/t13-/m0/s1. The quantitative estimate of drug-likeness (QED) is 0.893. The van der Waals surface area contributed by atoms with E-state index in [2.05, 4.69) is 22.2 Å². The van der Waals surface area contributed by atoms with E-state index in [0.29, 0.717) is 22.5 Å². The van der Waals surface area contributed by atoms with Gasteiger partial charge >= 0.3 is 6.03 Å². The molecule has 3 rings (SSSR count). The van der Waals surface area contributed by atoms with Crippen molar-refractivity contribution in [2.24, 2.45) is 0 Å². The second-order valence-corrected chi connectivity index (χ2v) is 6.58. The largest absolute Gasteiger partial charge is 0.495 e. The van der Waals surface area contributed by atoms with Crippen LogP contribution in [0.25, 0.3) is 0 Å². The van der Waals surface area contributed by atoms with Crippen LogP contribution in [-0.2, 0) is 0 Å². The zero-order chi connectivity index (χ0) is 16.4. The van der Waals surface area contributed by atoms with E-state index in [1.807, 2.05) is 4.90 Å². The van der Waals surface area contributed by atoms with Crippen LogP contribution in [0.3, 0.4) is 0 Å². The number of piperazine rings is 2. The molecule has 0 bridgehead atoms. The normalized spacial score (nSPS) is 22.6. The number of methoxy groups -OCH3 is 1. The molecule has 2 fully saturated rings. The second kappa shape index (κ2) is 6.95. The summed E-state index contributed by atoms with van der Waals surface area (Å²) < 4.78 is 5.13. The van der Waals surface area contributed by atoms with Gasteiger partial charge in [-0.2, -0.15) is 0 Å². The lowest BCUT2D eigenvalue weighted by molar-refractivity contribution is 0.0353. The predicted molar refractivity (Wildman–Crippen MR) is 91.5 cm³/mol. The summed E-state index contributed by atoms with van der Waals surface area (Å²) >= 11 is 6.10. The summed E-state index contributed by atoms with van der Waals surface area (Å²) in [5.41, 5.74) is 0.684. The van der Waals surface area contributed by atoms with Gasteiger partial charge in [0.1, 0.15) is 5.75 Å². The fourth-order valence-corrected chi connectivity index (χ4v) is 3.50. The average Bonchev–Trinajstić information content (AvgIpc) is 2.54.